The Hall–Kier alpha value is -3.20. The van der Waals surface area contributed by atoms with Crippen LogP contribution < -0.4 is 15.7 Å². The topological polar surface area (TPSA) is 93.6 Å². The SMILES string of the molecule is CN1CCc2c(cc(Nc3ncc(Cl)c(N4CC(C(=O)NO)c5ccccc54)n3)cc2C2CC2)C1. The lowest BCUT2D eigenvalue weighted by Gasteiger charge is -2.28. The van der Waals surface area contributed by atoms with Gasteiger partial charge in [-0.1, -0.05) is 29.8 Å². The summed E-state index contributed by atoms with van der Waals surface area (Å²) in [5.41, 5.74) is 8.74. The molecule has 2 aliphatic heterocycles. The Morgan fingerprint density at radius 1 is 1.20 bits per heavy atom. The highest BCUT2D eigenvalue weighted by Gasteiger charge is 2.36. The standard InChI is InChI=1S/C26H27ClN6O2/c1-32-9-8-18-16(13-32)10-17(11-20(18)15-6-7-15)29-26-28-12-22(27)24(30-26)33-14-21(25(34)31-35)19-4-2-3-5-23(19)33/h2-5,10-12,15,21,35H,6-9,13-14H2,1H3,(H,31,34)(H,28,29,30). The van der Waals surface area contributed by atoms with Crippen molar-refractivity contribution in [3.63, 3.8) is 0 Å². The number of rotatable bonds is 5. The molecule has 1 atom stereocenters. The van der Waals surface area contributed by atoms with E-state index in [1.54, 1.807) is 11.7 Å². The Morgan fingerprint density at radius 3 is 2.83 bits per heavy atom. The number of hydroxylamine groups is 1. The van der Waals surface area contributed by atoms with Crippen molar-refractivity contribution in [1.82, 2.24) is 20.3 Å². The summed E-state index contributed by atoms with van der Waals surface area (Å²) in [5, 5.41) is 13.0. The predicted octanol–water partition coefficient (Wildman–Crippen LogP) is 4.48. The van der Waals surface area contributed by atoms with Crippen LogP contribution in [-0.4, -0.2) is 46.1 Å². The van der Waals surface area contributed by atoms with Crippen LogP contribution in [0.5, 0.6) is 0 Å². The van der Waals surface area contributed by atoms with Gasteiger partial charge in [-0.3, -0.25) is 10.0 Å². The van der Waals surface area contributed by atoms with Crippen molar-refractivity contribution in [3.05, 3.63) is 69.9 Å². The molecule has 0 bridgehead atoms. The lowest BCUT2D eigenvalue weighted by Crippen LogP contribution is -2.29. The van der Waals surface area contributed by atoms with Gasteiger partial charge in [-0.15, -0.1) is 0 Å². The minimum Gasteiger partial charge on any atom is -0.324 e. The number of carbonyl (C=O) groups is 1. The van der Waals surface area contributed by atoms with E-state index in [1.165, 1.54) is 29.5 Å². The van der Waals surface area contributed by atoms with Crippen LogP contribution in [0, 0.1) is 0 Å². The molecule has 3 heterocycles. The summed E-state index contributed by atoms with van der Waals surface area (Å²) in [7, 11) is 2.16. The van der Waals surface area contributed by atoms with Gasteiger partial charge >= 0.3 is 0 Å². The Morgan fingerprint density at radius 2 is 2.03 bits per heavy atom. The van der Waals surface area contributed by atoms with Gasteiger partial charge < -0.3 is 15.1 Å². The fourth-order valence-corrected chi connectivity index (χ4v) is 5.55. The molecule has 2 aromatic carbocycles. The van der Waals surface area contributed by atoms with Gasteiger partial charge in [0.15, 0.2) is 5.82 Å². The van der Waals surface area contributed by atoms with E-state index in [1.807, 2.05) is 29.2 Å². The van der Waals surface area contributed by atoms with Gasteiger partial charge in [-0.25, -0.2) is 10.5 Å². The fourth-order valence-electron chi connectivity index (χ4n) is 5.35. The lowest BCUT2D eigenvalue weighted by atomic mass is 9.91. The molecule has 1 saturated carbocycles. The van der Waals surface area contributed by atoms with E-state index in [0.717, 1.165) is 36.4 Å². The summed E-state index contributed by atoms with van der Waals surface area (Å²) in [4.78, 5) is 25.8. The van der Waals surface area contributed by atoms with E-state index in [4.69, 9.17) is 16.6 Å². The van der Waals surface area contributed by atoms with Crippen molar-refractivity contribution in [3.8, 4) is 0 Å². The summed E-state index contributed by atoms with van der Waals surface area (Å²) < 4.78 is 0. The van der Waals surface area contributed by atoms with Crippen LogP contribution in [0.25, 0.3) is 0 Å². The maximum Gasteiger partial charge on any atom is 0.252 e. The molecule has 3 N–H and O–H groups in total. The molecule has 9 heteroatoms. The van der Waals surface area contributed by atoms with E-state index in [-0.39, 0.29) is 0 Å². The van der Waals surface area contributed by atoms with Gasteiger partial charge in [0.05, 0.1) is 12.1 Å². The monoisotopic (exact) mass is 490 g/mol. The van der Waals surface area contributed by atoms with Gasteiger partial charge in [0.2, 0.25) is 5.95 Å². The largest absolute Gasteiger partial charge is 0.324 e. The average Bonchev–Trinajstić information content (AvgIpc) is 3.64. The number of carbonyl (C=O) groups excluding carboxylic acids is 1. The normalized spacial score (nSPS) is 19.3. The molecule has 180 valence electrons. The lowest BCUT2D eigenvalue weighted by molar-refractivity contribution is -0.130. The number of aromatic nitrogens is 2. The Balaban J connectivity index is 1.34. The third-order valence-corrected chi connectivity index (χ3v) is 7.48. The molecule has 1 unspecified atom stereocenters. The first kappa shape index (κ1) is 22.3. The number of nitrogens with zero attached hydrogens (tertiary/aromatic N) is 4. The smallest absolute Gasteiger partial charge is 0.252 e. The zero-order valence-electron chi connectivity index (χ0n) is 19.5. The van der Waals surface area contributed by atoms with Crippen molar-refractivity contribution < 1.29 is 10.0 Å². The number of hydrogen-bond acceptors (Lipinski definition) is 7. The molecule has 8 nitrogen and oxygen atoms in total. The van der Waals surface area contributed by atoms with E-state index in [9.17, 15) is 10.0 Å². The molecule has 0 spiro atoms. The van der Waals surface area contributed by atoms with Crippen molar-refractivity contribution in [2.75, 3.05) is 30.4 Å². The molecule has 3 aliphatic rings. The summed E-state index contributed by atoms with van der Waals surface area (Å²) >= 11 is 6.54. The number of amides is 1. The molecular formula is C26H27ClN6O2. The number of para-hydroxylation sites is 1. The second-order valence-electron chi connectivity index (χ2n) is 9.65. The maximum atomic E-state index is 12.3. The first-order chi connectivity index (χ1) is 17.0. The van der Waals surface area contributed by atoms with Gasteiger partial charge in [-0.2, -0.15) is 4.98 Å². The van der Waals surface area contributed by atoms with Crippen LogP contribution in [0.15, 0.2) is 42.6 Å². The van der Waals surface area contributed by atoms with Crippen LogP contribution in [0.1, 0.15) is 46.9 Å². The van der Waals surface area contributed by atoms with E-state index in [2.05, 4.69) is 34.4 Å². The van der Waals surface area contributed by atoms with Crippen molar-refractivity contribution in [2.45, 2.75) is 37.6 Å². The summed E-state index contributed by atoms with van der Waals surface area (Å²) in [6.45, 7) is 2.35. The Labute approximate surface area is 208 Å². The quantitative estimate of drug-likeness (QED) is 0.358. The maximum absolute atomic E-state index is 12.3. The van der Waals surface area contributed by atoms with Gasteiger partial charge in [0.25, 0.3) is 5.91 Å². The molecule has 1 fully saturated rings. The van der Waals surface area contributed by atoms with Gasteiger partial charge in [-0.05, 0) is 72.7 Å². The highest BCUT2D eigenvalue weighted by molar-refractivity contribution is 6.33. The number of halogens is 1. The fraction of sp³-hybridized carbons (Fsp3) is 0.346. The number of benzene rings is 2. The highest BCUT2D eigenvalue weighted by atomic mass is 35.5. The van der Waals surface area contributed by atoms with Crippen LogP contribution >= 0.6 is 11.6 Å². The molecule has 1 aromatic heterocycles. The number of fused-ring (bicyclic) bond motifs is 2. The van der Waals surface area contributed by atoms with Gasteiger partial charge in [0.1, 0.15) is 5.02 Å². The zero-order valence-corrected chi connectivity index (χ0v) is 20.2. The summed E-state index contributed by atoms with van der Waals surface area (Å²) in [6, 6.07) is 12.1. The molecule has 0 radical (unpaired) electrons. The molecule has 3 aromatic rings. The predicted molar refractivity (Wildman–Crippen MR) is 135 cm³/mol. The van der Waals surface area contributed by atoms with E-state index >= 15 is 0 Å². The first-order valence-corrected chi connectivity index (χ1v) is 12.3. The molecule has 1 amide bonds. The Kier molecular flexibility index (Phi) is 5.59. The minimum atomic E-state index is -0.530. The second kappa shape index (κ2) is 8.78. The molecule has 35 heavy (non-hydrogen) atoms. The second-order valence-corrected chi connectivity index (χ2v) is 10.1. The summed E-state index contributed by atoms with van der Waals surface area (Å²) in [6.07, 6.45) is 5.19. The van der Waals surface area contributed by atoms with Crippen LogP contribution in [0.2, 0.25) is 5.02 Å². The summed E-state index contributed by atoms with van der Waals surface area (Å²) in [5.74, 6) is 0.631. The van der Waals surface area contributed by atoms with Crippen molar-refractivity contribution >= 4 is 40.6 Å². The van der Waals surface area contributed by atoms with E-state index in [0.29, 0.717) is 29.3 Å². The number of nitrogens with one attached hydrogen (secondary N) is 2. The molecule has 6 rings (SSSR count). The molecular weight excluding hydrogens is 464 g/mol. The van der Waals surface area contributed by atoms with Crippen molar-refractivity contribution in [1.29, 1.82) is 0 Å². The van der Waals surface area contributed by atoms with Crippen LogP contribution in [0.4, 0.5) is 23.1 Å². The van der Waals surface area contributed by atoms with E-state index < -0.39 is 11.8 Å². The Bertz CT molecular complexity index is 1310. The number of hydrogen-bond donors (Lipinski definition) is 3. The average molecular weight is 491 g/mol. The van der Waals surface area contributed by atoms with Crippen molar-refractivity contribution in [2.24, 2.45) is 0 Å². The highest BCUT2D eigenvalue weighted by Crippen LogP contribution is 2.45. The van der Waals surface area contributed by atoms with Crippen LogP contribution in [0.3, 0.4) is 0 Å². The van der Waals surface area contributed by atoms with Crippen LogP contribution in [-0.2, 0) is 17.8 Å². The molecule has 1 aliphatic carbocycles. The molecule has 0 saturated heterocycles. The first-order valence-electron chi connectivity index (χ1n) is 12.0. The third kappa shape index (κ3) is 4.11. The third-order valence-electron chi connectivity index (χ3n) is 7.21. The number of anilines is 4. The number of likely N-dealkylation sites (N-methyl/N-ethyl adjacent to an activating group) is 1. The van der Waals surface area contributed by atoms with Gasteiger partial charge in [0, 0.05) is 31.0 Å². The zero-order chi connectivity index (χ0) is 24.1. The minimum absolute atomic E-state index is 0.318.